The molecule has 2 aliphatic rings. The average molecular weight is 255 g/mol. The fraction of sp³-hybridized carbons (Fsp3) is 1.00. The van der Waals surface area contributed by atoms with Crippen LogP contribution in [0.1, 0.15) is 19.8 Å². The van der Waals surface area contributed by atoms with Gasteiger partial charge in [-0.3, -0.25) is 4.90 Å². The summed E-state index contributed by atoms with van der Waals surface area (Å²) in [5.74, 6) is 0.690. The molecule has 2 saturated heterocycles. The summed E-state index contributed by atoms with van der Waals surface area (Å²) in [5, 5.41) is 3.78. The van der Waals surface area contributed by atoms with Gasteiger partial charge >= 0.3 is 0 Å². The molecular weight excluding hydrogens is 226 g/mol. The van der Waals surface area contributed by atoms with Crippen LogP contribution in [-0.2, 0) is 4.74 Å². The van der Waals surface area contributed by atoms with Crippen LogP contribution in [-0.4, -0.2) is 75.4 Å². The van der Waals surface area contributed by atoms with Crippen molar-refractivity contribution in [3.63, 3.8) is 0 Å². The second kappa shape index (κ2) is 6.85. The summed E-state index contributed by atoms with van der Waals surface area (Å²) in [7, 11) is 4.51. The lowest BCUT2D eigenvalue weighted by atomic mass is 9.90. The highest BCUT2D eigenvalue weighted by Gasteiger charge is 2.36. The standard InChI is InChI=1S/C14H29N3O/c1-4-6-15-14(12-5-9-18-11-12)13-10-16(2)7-8-17(13)3/h12-15H,4-11H2,1-3H3. The molecule has 3 unspecified atom stereocenters. The molecule has 2 heterocycles. The molecule has 18 heavy (non-hydrogen) atoms. The highest BCUT2D eigenvalue weighted by Crippen LogP contribution is 2.23. The number of nitrogens with one attached hydrogen (secondary N) is 1. The average Bonchev–Trinajstić information content (AvgIpc) is 2.88. The molecule has 2 rings (SSSR count). The third-order valence-corrected chi connectivity index (χ3v) is 4.42. The van der Waals surface area contributed by atoms with E-state index in [2.05, 4.69) is 36.1 Å². The van der Waals surface area contributed by atoms with E-state index in [1.54, 1.807) is 0 Å². The zero-order valence-electron chi connectivity index (χ0n) is 12.2. The van der Waals surface area contributed by atoms with Gasteiger partial charge in [-0.2, -0.15) is 0 Å². The predicted molar refractivity (Wildman–Crippen MR) is 74.9 cm³/mol. The maximum Gasteiger partial charge on any atom is 0.0510 e. The Kier molecular flexibility index (Phi) is 5.42. The number of hydrogen-bond donors (Lipinski definition) is 1. The van der Waals surface area contributed by atoms with E-state index in [1.165, 1.54) is 32.5 Å². The maximum absolute atomic E-state index is 5.60. The van der Waals surface area contributed by atoms with Crippen molar-refractivity contribution in [2.45, 2.75) is 31.8 Å². The van der Waals surface area contributed by atoms with Crippen molar-refractivity contribution in [2.75, 3.05) is 53.5 Å². The molecule has 0 aromatic heterocycles. The molecule has 0 saturated carbocycles. The Balaban J connectivity index is 2.00. The van der Waals surface area contributed by atoms with Crippen LogP contribution in [0, 0.1) is 5.92 Å². The summed E-state index contributed by atoms with van der Waals surface area (Å²) in [6.07, 6.45) is 2.42. The van der Waals surface area contributed by atoms with E-state index >= 15 is 0 Å². The smallest absolute Gasteiger partial charge is 0.0510 e. The van der Waals surface area contributed by atoms with Crippen molar-refractivity contribution in [3.8, 4) is 0 Å². The number of rotatable bonds is 5. The number of ether oxygens (including phenoxy) is 1. The minimum Gasteiger partial charge on any atom is -0.381 e. The summed E-state index contributed by atoms with van der Waals surface area (Å²) < 4.78 is 5.60. The first kappa shape index (κ1) is 14.3. The molecule has 3 atom stereocenters. The van der Waals surface area contributed by atoms with E-state index in [0.717, 1.165) is 19.8 Å². The zero-order chi connectivity index (χ0) is 13.0. The summed E-state index contributed by atoms with van der Waals surface area (Å²) in [6, 6.07) is 1.21. The molecular formula is C14H29N3O. The van der Waals surface area contributed by atoms with Crippen molar-refractivity contribution in [1.29, 1.82) is 0 Å². The van der Waals surface area contributed by atoms with Gasteiger partial charge in [0.05, 0.1) is 6.61 Å². The normalized spacial score (nSPS) is 32.8. The Bertz CT molecular complexity index is 243. The minimum absolute atomic E-state index is 0.584. The highest BCUT2D eigenvalue weighted by atomic mass is 16.5. The van der Waals surface area contributed by atoms with E-state index in [-0.39, 0.29) is 0 Å². The third-order valence-electron chi connectivity index (χ3n) is 4.42. The number of nitrogens with zero attached hydrogens (tertiary/aromatic N) is 2. The topological polar surface area (TPSA) is 27.7 Å². The van der Waals surface area contributed by atoms with Crippen LogP contribution in [0.3, 0.4) is 0 Å². The van der Waals surface area contributed by atoms with Crippen LogP contribution in [0.15, 0.2) is 0 Å². The lowest BCUT2D eigenvalue weighted by molar-refractivity contribution is 0.0656. The Morgan fingerprint density at radius 1 is 1.33 bits per heavy atom. The van der Waals surface area contributed by atoms with Gasteiger partial charge in [0.2, 0.25) is 0 Å². The Morgan fingerprint density at radius 3 is 2.83 bits per heavy atom. The molecule has 0 spiro atoms. The summed E-state index contributed by atoms with van der Waals surface area (Å²) in [6.45, 7) is 8.79. The molecule has 1 N–H and O–H groups in total. The van der Waals surface area contributed by atoms with E-state index in [1.807, 2.05) is 0 Å². The fourth-order valence-electron chi connectivity index (χ4n) is 3.20. The van der Waals surface area contributed by atoms with Crippen LogP contribution in [0.2, 0.25) is 0 Å². The van der Waals surface area contributed by atoms with Crippen molar-refractivity contribution in [1.82, 2.24) is 15.1 Å². The molecule has 0 radical (unpaired) electrons. The van der Waals surface area contributed by atoms with E-state index in [4.69, 9.17) is 4.74 Å². The van der Waals surface area contributed by atoms with Gasteiger partial charge in [0.25, 0.3) is 0 Å². The number of piperazine rings is 1. The number of hydrogen-bond acceptors (Lipinski definition) is 4. The van der Waals surface area contributed by atoms with Crippen molar-refractivity contribution in [2.24, 2.45) is 5.92 Å². The summed E-state index contributed by atoms with van der Waals surface area (Å²) in [5.41, 5.74) is 0. The maximum atomic E-state index is 5.60. The van der Waals surface area contributed by atoms with Crippen molar-refractivity contribution >= 4 is 0 Å². The first-order chi connectivity index (χ1) is 8.72. The van der Waals surface area contributed by atoms with E-state index in [9.17, 15) is 0 Å². The second-order valence-electron chi connectivity index (χ2n) is 5.91. The van der Waals surface area contributed by atoms with Crippen LogP contribution >= 0.6 is 0 Å². The molecule has 2 aliphatic heterocycles. The van der Waals surface area contributed by atoms with Crippen molar-refractivity contribution in [3.05, 3.63) is 0 Å². The van der Waals surface area contributed by atoms with Crippen LogP contribution in [0.5, 0.6) is 0 Å². The molecule has 0 aromatic rings. The van der Waals surface area contributed by atoms with Gasteiger partial charge in [-0.1, -0.05) is 6.92 Å². The van der Waals surface area contributed by atoms with Gasteiger partial charge in [-0.25, -0.2) is 0 Å². The molecule has 0 aromatic carbocycles. The molecule has 4 nitrogen and oxygen atoms in total. The zero-order valence-corrected chi connectivity index (χ0v) is 12.2. The lowest BCUT2D eigenvalue weighted by Crippen LogP contribution is -2.61. The second-order valence-corrected chi connectivity index (χ2v) is 5.91. The Labute approximate surface area is 112 Å². The largest absolute Gasteiger partial charge is 0.381 e. The molecule has 4 heteroatoms. The van der Waals surface area contributed by atoms with Gasteiger partial charge < -0.3 is 15.0 Å². The lowest BCUT2D eigenvalue weighted by Gasteiger charge is -2.44. The third kappa shape index (κ3) is 3.44. The molecule has 0 aliphatic carbocycles. The van der Waals surface area contributed by atoms with Gasteiger partial charge in [0.15, 0.2) is 0 Å². The Morgan fingerprint density at radius 2 is 2.17 bits per heavy atom. The monoisotopic (exact) mass is 255 g/mol. The first-order valence-electron chi connectivity index (χ1n) is 7.42. The predicted octanol–water partition coefficient (Wildman–Crippen LogP) is 0.637. The minimum atomic E-state index is 0.584. The van der Waals surface area contributed by atoms with E-state index in [0.29, 0.717) is 18.0 Å². The Hall–Kier alpha value is -0.160. The first-order valence-corrected chi connectivity index (χ1v) is 7.42. The summed E-state index contributed by atoms with van der Waals surface area (Å²) >= 11 is 0. The SMILES string of the molecule is CCCNC(C1CCOC1)C1CN(C)CCN1C. The fourth-order valence-corrected chi connectivity index (χ4v) is 3.20. The van der Waals surface area contributed by atoms with Crippen LogP contribution in [0.25, 0.3) is 0 Å². The van der Waals surface area contributed by atoms with Gasteiger partial charge in [0.1, 0.15) is 0 Å². The summed E-state index contributed by atoms with van der Waals surface area (Å²) in [4.78, 5) is 4.99. The quantitative estimate of drug-likeness (QED) is 0.780. The van der Waals surface area contributed by atoms with Crippen LogP contribution in [0.4, 0.5) is 0 Å². The van der Waals surface area contributed by atoms with E-state index < -0.39 is 0 Å². The molecule has 106 valence electrons. The van der Waals surface area contributed by atoms with Crippen LogP contribution < -0.4 is 5.32 Å². The molecule has 2 fully saturated rings. The number of likely N-dealkylation sites (N-methyl/N-ethyl adjacent to an activating group) is 2. The van der Waals surface area contributed by atoms with Gasteiger partial charge in [0, 0.05) is 44.2 Å². The van der Waals surface area contributed by atoms with Gasteiger partial charge in [-0.05, 0) is 33.5 Å². The highest BCUT2D eigenvalue weighted by molar-refractivity contribution is 4.93. The molecule has 0 amide bonds. The molecule has 0 bridgehead atoms. The van der Waals surface area contributed by atoms with Gasteiger partial charge in [-0.15, -0.1) is 0 Å². The van der Waals surface area contributed by atoms with Crippen molar-refractivity contribution < 1.29 is 4.74 Å².